The van der Waals surface area contributed by atoms with Gasteiger partial charge in [0.2, 0.25) is 5.91 Å². The van der Waals surface area contributed by atoms with Gasteiger partial charge in [-0.3, -0.25) is 9.78 Å². The average Bonchev–Trinajstić information content (AvgIpc) is 3.54. The van der Waals surface area contributed by atoms with Crippen molar-refractivity contribution in [2.24, 2.45) is 0 Å². The number of nitrogens with one attached hydrogen (secondary N) is 2. The van der Waals surface area contributed by atoms with E-state index in [-0.39, 0.29) is 30.0 Å². The summed E-state index contributed by atoms with van der Waals surface area (Å²) < 4.78 is 6.30. The Morgan fingerprint density at radius 2 is 1.87 bits per heavy atom. The van der Waals surface area contributed by atoms with Crippen LogP contribution in [0.1, 0.15) is 51.4 Å². The third kappa shape index (κ3) is 5.68. The number of rotatable bonds is 8. The van der Waals surface area contributed by atoms with E-state index >= 15 is 0 Å². The number of anilines is 1. The second-order valence-corrected chi connectivity index (χ2v) is 9.91. The van der Waals surface area contributed by atoms with E-state index in [2.05, 4.69) is 15.6 Å². The van der Waals surface area contributed by atoms with Crippen LogP contribution in [0.3, 0.4) is 0 Å². The highest BCUT2D eigenvalue weighted by atomic mass is 32.1. The van der Waals surface area contributed by atoms with Crippen molar-refractivity contribution in [3.05, 3.63) is 107 Å². The van der Waals surface area contributed by atoms with Crippen molar-refractivity contribution in [2.75, 3.05) is 11.9 Å². The lowest BCUT2D eigenvalue weighted by Gasteiger charge is -2.26. The number of pyridine rings is 1. The van der Waals surface area contributed by atoms with Gasteiger partial charge in [-0.1, -0.05) is 30.3 Å². The van der Waals surface area contributed by atoms with Crippen molar-refractivity contribution >= 4 is 34.9 Å². The van der Waals surface area contributed by atoms with E-state index in [0.29, 0.717) is 23.2 Å². The number of carboxylic acids is 1. The molecule has 3 N–H and O–H groups in total. The highest BCUT2D eigenvalue weighted by Gasteiger charge is 2.41. The second-order valence-electron chi connectivity index (χ2n) is 9.52. The first kappa shape index (κ1) is 26.1. The highest BCUT2D eigenvalue weighted by Crippen LogP contribution is 2.40. The molecule has 8 nitrogen and oxygen atoms in total. The first-order valence-corrected chi connectivity index (χ1v) is 13.0. The maximum atomic E-state index is 12.9. The minimum absolute atomic E-state index is 0.106. The Balaban J connectivity index is 1.39. The summed E-state index contributed by atoms with van der Waals surface area (Å²) >= 11 is 5.71. The zero-order chi connectivity index (χ0) is 27.5. The molecule has 0 saturated carbocycles. The van der Waals surface area contributed by atoms with E-state index in [9.17, 15) is 14.7 Å². The summed E-state index contributed by atoms with van der Waals surface area (Å²) in [5, 5.41) is 16.1. The molecule has 4 aromatic rings. The van der Waals surface area contributed by atoms with Gasteiger partial charge in [-0.2, -0.15) is 0 Å². The minimum atomic E-state index is -0.984. The first-order valence-electron chi connectivity index (χ1n) is 12.6. The van der Waals surface area contributed by atoms with Crippen molar-refractivity contribution < 1.29 is 19.1 Å². The topological polar surface area (TPSA) is 108 Å². The summed E-state index contributed by atoms with van der Waals surface area (Å²) in [5.41, 5.74) is 4.64. The lowest BCUT2D eigenvalue weighted by Crippen LogP contribution is -2.32. The van der Waals surface area contributed by atoms with E-state index in [0.717, 1.165) is 28.1 Å². The van der Waals surface area contributed by atoms with Gasteiger partial charge in [0.1, 0.15) is 17.6 Å². The zero-order valence-corrected chi connectivity index (χ0v) is 22.4. The predicted octanol–water partition coefficient (Wildman–Crippen LogP) is 5.66. The Morgan fingerprint density at radius 1 is 1.08 bits per heavy atom. The molecule has 198 valence electrons. The monoisotopic (exact) mass is 540 g/mol. The molecule has 0 spiro atoms. The molecule has 1 amide bonds. The van der Waals surface area contributed by atoms with Crippen LogP contribution in [0.5, 0.6) is 0 Å². The van der Waals surface area contributed by atoms with E-state index in [1.54, 1.807) is 30.5 Å². The number of carbonyl (C=O) groups excluding carboxylic acids is 1. The van der Waals surface area contributed by atoms with Crippen LogP contribution in [0.25, 0.3) is 11.3 Å². The molecule has 0 bridgehead atoms. The van der Waals surface area contributed by atoms with Crippen LogP contribution in [0, 0.1) is 13.8 Å². The molecule has 2 atom stereocenters. The molecule has 0 unspecified atom stereocenters. The second kappa shape index (κ2) is 11.1. The highest BCUT2D eigenvalue weighted by molar-refractivity contribution is 7.80. The van der Waals surface area contributed by atoms with Gasteiger partial charge in [0, 0.05) is 30.4 Å². The smallest absolute Gasteiger partial charge is 0.335 e. The van der Waals surface area contributed by atoms with Gasteiger partial charge in [0.25, 0.3) is 0 Å². The number of aromatic nitrogens is 1. The van der Waals surface area contributed by atoms with Gasteiger partial charge in [-0.05, 0) is 79.7 Å². The van der Waals surface area contributed by atoms with Crippen LogP contribution < -0.4 is 10.6 Å². The molecule has 5 rings (SSSR count). The molecular weight excluding hydrogens is 512 g/mol. The van der Waals surface area contributed by atoms with Gasteiger partial charge in [0.05, 0.1) is 17.3 Å². The number of hydrogen-bond acceptors (Lipinski definition) is 5. The first-order chi connectivity index (χ1) is 18.8. The SMILES string of the molecule is Cc1ccc(C)c(NC(=O)CCN2C(=S)N[C@@H](c3ccccn3)[C@H]2c2ccc(-c3ccc(C(=O)O)cc3)o2)c1. The quantitative estimate of drug-likeness (QED) is 0.246. The molecule has 1 saturated heterocycles. The van der Waals surface area contributed by atoms with Crippen molar-refractivity contribution in [1.82, 2.24) is 15.2 Å². The largest absolute Gasteiger partial charge is 0.478 e. The minimum Gasteiger partial charge on any atom is -0.478 e. The van der Waals surface area contributed by atoms with Gasteiger partial charge < -0.3 is 25.1 Å². The van der Waals surface area contributed by atoms with Gasteiger partial charge in [-0.25, -0.2) is 4.79 Å². The van der Waals surface area contributed by atoms with Crippen molar-refractivity contribution in [3.8, 4) is 11.3 Å². The lowest BCUT2D eigenvalue weighted by atomic mass is 10.0. The van der Waals surface area contributed by atoms with Gasteiger partial charge >= 0.3 is 5.97 Å². The Morgan fingerprint density at radius 3 is 2.59 bits per heavy atom. The molecule has 1 aliphatic heterocycles. The average molecular weight is 541 g/mol. The number of aryl methyl sites for hydroxylation is 2. The standard InChI is InChI=1S/C30H28N4O4S/c1-18-6-7-19(2)23(17-18)32-26(35)14-16-34-28(27(33-30(34)39)22-5-3-4-15-31-22)25-13-12-24(38-25)20-8-10-21(11-9-20)29(36)37/h3-13,15,17,27-28H,14,16H2,1-2H3,(H,32,35)(H,33,39)(H,36,37)/t27-,28+/m0/s1. The Labute approximate surface area is 231 Å². The Kier molecular flexibility index (Phi) is 7.42. The molecule has 0 aliphatic carbocycles. The normalized spacial score (nSPS) is 16.7. The zero-order valence-electron chi connectivity index (χ0n) is 21.5. The van der Waals surface area contributed by atoms with E-state index in [4.69, 9.17) is 16.6 Å². The maximum Gasteiger partial charge on any atom is 0.335 e. The summed E-state index contributed by atoms with van der Waals surface area (Å²) in [7, 11) is 0. The van der Waals surface area contributed by atoms with Crippen LogP contribution in [-0.4, -0.2) is 38.5 Å². The lowest BCUT2D eigenvalue weighted by molar-refractivity contribution is -0.116. The number of thiocarbonyl (C=S) groups is 1. The van der Waals surface area contributed by atoms with E-state index in [1.165, 1.54) is 0 Å². The van der Waals surface area contributed by atoms with Crippen LogP contribution in [0.15, 0.2) is 83.4 Å². The molecule has 3 heterocycles. The maximum absolute atomic E-state index is 12.9. The molecule has 9 heteroatoms. The molecular formula is C30H28N4O4S. The van der Waals surface area contributed by atoms with Crippen LogP contribution in [0.2, 0.25) is 0 Å². The van der Waals surface area contributed by atoms with Crippen LogP contribution in [-0.2, 0) is 4.79 Å². The van der Waals surface area contributed by atoms with Crippen molar-refractivity contribution in [2.45, 2.75) is 32.4 Å². The van der Waals surface area contributed by atoms with Gasteiger partial charge in [0.15, 0.2) is 5.11 Å². The summed E-state index contributed by atoms with van der Waals surface area (Å²) in [4.78, 5) is 30.7. The summed E-state index contributed by atoms with van der Waals surface area (Å²) in [6.45, 7) is 4.33. The number of amides is 1. The molecule has 1 aliphatic rings. The molecule has 2 aromatic heterocycles. The van der Waals surface area contributed by atoms with E-state index in [1.807, 2.05) is 67.3 Å². The third-order valence-electron chi connectivity index (χ3n) is 6.78. The Hall–Kier alpha value is -4.50. The number of aromatic carboxylic acids is 1. The van der Waals surface area contributed by atoms with Crippen molar-refractivity contribution in [3.63, 3.8) is 0 Å². The van der Waals surface area contributed by atoms with Crippen LogP contribution >= 0.6 is 12.2 Å². The number of carboxylic acid groups (broad SMARTS) is 1. The fraction of sp³-hybridized carbons (Fsp3) is 0.200. The summed E-state index contributed by atoms with van der Waals surface area (Å²) in [6, 6.07) is 21.3. The number of nitrogens with zero attached hydrogens (tertiary/aromatic N) is 2. The predicted molar refractivity (Wildman–Crippen MR) is 152 cm³/mol. The number of furan rings is 1. The molecule has 0 radical (unpaired) electrons. The number of benzene rings is 2. The Bertz CT molecular complexity index is 1520. The van der Waals surface area contributed by atoms with E-state index < -0.39 is 5.97 Å². The number of hydrogen-bond donors (Lipinski definition) is 3. The molecule has 39 heavy (non-hydrogen) atoms. The summed E-state index contributed by atoms with van der Waals surface area (Å²) in [5.74, 6) is 0.172. The molecule has 2 aromatic carbocycles. The van der Waals surface area contributed by atoms with Gasteiger partial charge in [-0.15, -0.1) is 0 Å². The molecule has 1 fully saturated rings. The third-order valence-corrected chi connectivity index (χ3v) is 7.13. The van der Waals surface area contributed by atoms with Crippen LogP contribution in [0.4, 0.5) is 5.69 Å². The van der Waals surface area contributed by atoms with Crippen molar-refractivity contribution in [1.29, 1.82) is 0 Å². The fourth-order valence-electron chi connectivity index (χ4n) is 4.70. The fourth-order valence-corrected chi connectivity index (χ4v) is 5.04. The summed E-state index contributed by atoms with van der Waals surface area (Å²) in [6.07, 6.45) is 1.96. The number of carbonyl (C=O) groups is 2.